The summed E-state index contributed by atoms with van der Waals surface area (Å²) in [5.41, 5.74) is 3.37. The van der Waals surface area contributed by atoms with E-state index in [4.69, 9.17) is 23.2 Å². The van der Waals surface area contributed by atoms with Crippen molar-refractivity contribution in [3.05, 3.63) is 83.1 Å². The molecule has 1 N–H and O–H groups in total. The van der Waals surface area contributed by atoms with E-state index in [1.54, 1.807) is 23.1 Å². The number of nitrogens with zero attached hydrogens (tertiary/aromatic N) is 6. The molecule has 5 rings (SSSR count). The topological polar surface area (TPSA) is 81.4 Å². The first kappa shape index (κ1) is 18.5. The van der Waals surface area contributed by atoms with Gasteiger partial charge in [-0.05, 0) is 40.8 Å². The van der Waals surface area contributed by atoms with E-state index in [2.05, 4.69) is 31.0 Å². The van der Waals surface area contributed by atoms with Crippen LogP contribution in [-0.4, -0.2) is 30.4 Å². The SMILES string of the molecule is Clc1ccc(Nc2nnc(-c3ccc(-n4cnnn4)cc3)c3ccccc23)cc1Cl. The van der Waals surface area contributed by atoms with Crippen molar-refractivity contribution in [2.75, 3.05) is 5.32 Å². The second-order valence-corrected chi connectivity index (χ2v) is 7.31. The van der Waals surface area contributed by atoms with Gasteiger partial charge in [-0.2, -0.15) is 0 Å². The third-order valence-corrected chi connectivity index (χ3v) is 5.36. The average molecular weight is 434 g/mol. The van der Waals surface area contributed by atoms with E-state index in [0.29, 0.717) is 15.9 Å². The highest BCUT2D eigenvalue weighted by molar-refractivity contribution is 6.42. The smallest absolute Gasteiger partial charge is 0.161 e. The molecule has 0 atom stereocenters. The maximum Gasteiger partial charge on any atom is 0.161 e. The second kappa shape index (κ2) is 7.70. The minimum atomic E-state index is 0.471. The lowest BCUT2D eigenvalue weighted by molar-refractivity contribution is 0.789. The molecule has 7 nitrogen and oxygen atoms in total. The van der Waals surface area contributed by atoms with E-state index >= 15 is 0 Å². The highest BCUT2D eigenvalue weighted by Crippen LogP contribution is 2.32. The zero-order valence-corrected chi connectivity index (χ0v) is 16.9. The van der Waals surface area contributed by atoms with E-state index in [-0.39, 0.29) is 0 Å². The summed E-state index contributed by atoms with van der Waals surface area (Å²) >= 11 is 12.1. The van der Waals surface area contributed by atoms with Crippen LogP contribution in [0, 0.1) is 0 Å². The minimum Gasteiger partial charge on any atom is -0.338 e. The van der Waals surface area contributed by atoms with Gasteiger partial charge in [0.15, 0.2) is 5.82 Å². The van der Waals surface area contributed by atoms with Crippen molar-refractivity contribution in [2.24, 2.45) is 0 Å². The van der Waals surface area contributed by atoms with E-state index < -0.39 is 0 Å². The number of hydrogen-bond donors (Lipinski definition) is 1. The zero-order valence-electron chi connectivity index (χ0n) is 15.4. The van der Waals surface area contributed by atoms with Crippen molar-refractivity contribution in [2.45, 2.75) is 0 Å². The molecular formula is C21H13Cl2N7. The molecule has 0 radical (unpaired) electrons. The number of anilines is 2. The van der Waals surface area contributed by atoms with Crippen LogP contribution in [0.25, 0.3) is 27.7 Å². The quantitative estimate of drug-likeness (QED) is 0.412. The lowest BCUT2D eigenvalue weighted by Crippen LogP contribution is -2.00. The number of hydrogen-bond acceptors (Lipinski definition) is 6. The number of aromatic nitrogens is 6. The average Bonchev–Trinajstić information content (AvgIpc) is 3.32. The number of benzene rings is 3. The summed E-state index contributed by atoms with van der Waals surface area (Å²) in [7, 11) is 0. The summed E-state index contributed by atoms with van der Waals surface area (Å²) in [6.07, 6.45) is 1.55. The van der Waals surface area contributed by atoms with E-state index in [1.807, 2.05) is 54.6 Å². The van der Waals surface area contributed by atoms with Crippen molar-refractivity contribution in [1.82, 2.24) is 30.4 Å². The van der Waals surface area contributed by atoms with E-state index in [1.165, 1.54) is 0 Å². The molecule has 2 heterocycles. The molecule has 146 valence electrons. The molecule has 0 fully saturated rings. The molecule has 0 aliphatic heterocycles. The molecule has 0 aliphatic rings. The molecule has 0 aliphatic carbocycles. The Labute approximate surface area is 181 Å². The van der Waals surface area contributed by atoms with Gasteiger partial charge in [0.05, 0.1) is 15.7 Å². The summed E-state index contributed by atoms with van der Waals surface area (Å²) in [5.74, 6) is 0.637. The monoisotopic (exact) mass is 433 g/mol. The van der Waals surface area contributed by atoms with Gasteiger partial charge in [0, 0.05) is 22.0 Å². The van der Waals surface area contributed by atoms with Crippen LogP contribution in [0.15, 0.2) is 73.1 Å². The third-order valence-electron chi connectivity index (χ3n) is 4.62. The number of tetrazole rings is 1. The summed E-state index contributed by atoms with van der Waals surface area (Å²) < 4.78 is 1.60. The van der Waals surface area contributed by atoms with Gasteiger partial charge in [-0.15, -0.1) is 15.3 Å². The van der Waals surface area contributed by atoms with Gasteiger partial charge in [-0.1, -0.05) is 59.6 Å². The van der Waals surface area contributed by atoms with Crippen LogP contribution in [-0.2, 0) is 0 Å². The molecule has 0 amide bonds. The van der Waals surface area contributed by atoms with E-state index in [0.717, 1.165) is 33.4 Å². The van der Waals surface area contributed by atoms with Crippen molar-refractivity contribution >= 4 is 45.5 Å². The van der Waals surface area contributed by atoms with Gasteiger partial charge < -0.3 is 5.32 Å². The zero-order chi connectivity index (χ0) is 20.5. The first-order valence-corrected chi connectivity index (χ1v) is 9.76. The largest absolute Gasteiger partial charge is 0.338 e. The van der Waals surface area contributed by atoms with Gasteiger partial charge in [-0.3, -0.25) is 0 Å². The van der Waals surface area contributed by atoms with Gasteiger partial charge >= 0.3 is 0 Å². The maximum atomic E-state index is 6.13. The van der Waals surface area contributed by atoms with Crippen molar-refractivity contribution in [3.8, 4) is 16.9 Å². The highest BCUT2D eigenvalue weighted by atomic mass is 35.5. The first-order chi connectivity index (χ1) is 14.7. The molecular weight excluding hydrogens is 421 g/mol. The normalized spacial score (nSPS) is 11.0. The number of fused-ring (bicyclic) bond motifs is 1. The van der Waals surface area contributed by atoms with Crippen LogP contribution in [0.5, 0.6) is 0 Å². The predicted octanol–water partition coefficient (Wildman–Crippen LogP) is 5.32. The predicted molar refractivity (Wildman–Crippen MR) is 117 cm³/mol. The molecule has 0 unspecified atom stereocenters. The molecule has 0 spiro atoms. The molecule has 0 saturated heterocycles. The fourth-order valence-corrected chi connectivity index (χ4v) is 3.47. The van der Waals surface area contributed by atoms with Crippen molar-refractivity contribution in [1.29, 1.82) is 0 Å². The van der Waals surface area contributed by atoms with Crippen molar-refractivity contribution < 1.29 is 0 Å². The lowest BCUT2D eigenvalue weighted by Gasteiger charge is -2.12. The number of halogens is 2. The molecule has 2 aromatic heterocycles. The summed E-state index contributed by atoms with van der Waals surface area (Å²) in [6, 6.07) is 21.1. The third kappa shape index (κ3) is 3.45. The van der Waals surface area contributed by atoms with Gasteiger partial charge in [0.25, 0.3) is 0 Å². The summed E-state index contributed by atoms with van der Waals surface area (Å²) in [6.45, 7) is 0. The molecule has 5 aromatic rings. The first-order valence-electron chi connectivity index (χ1n) is 9.00. The Morgan fingerprint density at radius 1 is 0.800 bits per heavy atom. The summed E-state index contributed by atoms with van der Waals surface area (Å²) in [4.78, 5) is 0. The Kier molecular flexibility index (Phi) is 4.74. The second-order valence-electron chi connectivity index (χ2n) is 6.50. The molecule has 3 aromatic carbocycles. The molecule has 30 heavy (non-hydrogen) atoms. The lowest BCUT2D eigenvalue weighted by atomic mass is 10.0. The van der Waals surface area contributed by atoms with Crippen molar-refractivity contribution in [3.63, 3.8) is 0 Å². The van der Waals surface area contributed by atoms with E-state index in [9.17, 15) is 0 Å². The molecule has 0 bridgehead atoms. The molecule has 0 saturated carbocycles. The van der Waals surface area contributed by atoms with Crippen LogP contribution < -0.4 is 5.32 Å². The fourth-order valence-electron chi connectivity index (χ4n) is 3.17. The van der Waals surface area contributed by atoms with Crippen LogP contribution in [0.1, 0.15) is 0 Å². The van der Waals surface area contributed by atoms with Crippen LogP contribution in [0.3, 0.4) is 0 Å². The van der Waals surface area contributed by atoms with Crippen LogP contribution >= 0.6 is 23.2 Å². The van der Waals surface area contributed by atoms with Gasteiger partial charge in [0.2, 0.25) is 0 Å². The fraction of sp³-hybridized carbons (Fsp3) is 0. The standard InChI is InChI=1S/C21H13Cl2N7/c22-18-10-7-14(11-19(18)23)25-21-17-4-2-1-3-16(17)20(26-27-21)13-5-8-15(9-6-13)30-12-24-28-29-30/h1-12H,(H,25,27). The Bertz CT molecular complexity index is 1340. The minimum absolute atomic E-state index is 0.471. The Hall–Kier alpha value is -3.55. The Morgan fingerprint density at radius 2 is 1.60 bits per heavy atom. The van der Waals surface area contributed by atoms with Gasteiger partial charge in [0.1, 0.15) is 12.0 Å². The van der Waals surface area contributed by atoms with Crippen LogP contribution in [0.4, 0.5) is 11.5 Å². The van der Waals surface area contributed by atoms with Gasteiger partial charge in [-0.25, -0.2) is 4.68 Å². The van der Waals surface area contributed by atoms with Crippen LogP contribution in [0.2, 0.25) is 10.0 Å². The highest BCUT2D eigenvalue weighted by Gasteiger charge is 2.12. The number of nitrogens with one attached hydrogen (secondary N) is 1. The number of rotatable bonds is 4. The molecule has 9 heteroatoms. The Morgan fingerprint density at radius 3 is 2.33 bits per heavy atom. The maximum absolute atomic E-state index is 6.13. The Balaban J connectivity index is 1.54. The summed E-state index contributed by atoms with van der Waals surface area (Å²) in [5, 5.41) is 26.3.